The van der Waals surface area contributed by atoms with Crippen molar-refractivity contribution in [1.82, 2.24) is 0 Å². The van der Waals surface area contributed by atoms with Crippen LogP contribution in [0.15, 0.2) is 91.0 Å². The molecule has 0 amide bonds. The van der Waals surface area contributed by atoms with E-state index in [1.54, 1.807) is 42.5 Å². The first-order chi connectivity index (χ1) is 22.4. The molecule has 0 unspecified atom stereocenters. The fraction of sp³-hybridized carbons (Fsp3) is 0.308. The number of anilines is 1. The maximum atomic E-state index is 13.5. The molecule has 46 heavy (non-hydrogen) atoms. The van der Waals surface area contributed by atoms with Crippen LogP contribution >= 0.6 is 0 Å². The van der Waals surface area contributed by atoms with E-state index >= 15 is 0 Å². The van der Waals surface area contributed by atoms with Gasteiger partial charge in [0.15, 0.2) is 0 Å². The summed E-state index contributed by atoms with van der Waals surface area (Å²) < 4.78 is 13.5. The van der Waals surface area contributed by atoms with E-state index < -0.39 is 5.97 Å². The number of aryl methyl sites for hydroxylation is 1. The van der Waals surface area contributed by atoms with Crippen molar-refractivity contribution in [2.24, 2.45) is 5.92 Å². The van der Waals surface area contributed by atoms with Crippen molar-refractivity contribution in [3.63, 3.8) is 0 Å². The Balaban J connectivity index is 1.38. The van der Waals surface area contributed by atoms with Gasteiger partial charge in [-0.25, -0.2) is 9.18 Å². The van der Waals surface area contributed by atoms with Gasteiger partial charge in [0.05, 0.1) is 10.5 Å². The second-order valence-corrected chi connectivity index (χ2v) is 12.2. The third kappa shape index (κ3) is 8.90. The smallest absolute Gasteiger partial charge is 0.336 e. The molecule has 4 aromatic carbocycles. The van der Waals surface area contributed by atoms with Gasteiger partial charge in [0, 0.05) is 19.2 Å². The number of nitro groups is 1. The lowest BCUT2D eigenvalue weighted by Crippen LogP contribution is -2.27. The molecule has 1 N–H and O–H groups in total. The standard InChI is InChI=1S/C39H41FN2O4/c40-35-21-18-32(19-22-35)33-20-23-36(39(43)44)34(28-33)17-15-31-16-24-37(38(27-31)42(45)46)41(25-7-13-29-9-3-1-4-10-29)26-8-14-30-11-5-2-6-12-30/h1,3-4,9-10,15-24,27-28,30H,2,5-8,11-14,25-26H2,(H,43,44)/b17-15+. The molecule has 1 saturated carbocycles. The van der Waals surface area contributed by atoms with E-state index in [1.165, 1.54) is 55.9 Å². The minimum Gasteiger partial charge on any atom is -0.478 e. The first-order valence-corrected chi connectivity index (χ1v) is 16.3. The molecule has 0 spiro atoms. The largest absolute Gasteiger partial charge is 0.478 e. The molecule has 1 fully saturated rings. The number of carboxylic acids is 1. The first kappa shape index (κ1) is 32.6. The first-order valence-electron chi connectivity index (χ1n) is 16.3. The molecule has 0 bridgehead atoms. The van der Waals surface area contributed by atoms with Gasteiger partial charge < -0.3 is 10.0 Å². The van der Waals surface area contributed by atoms with E-state index in [2.05, 4.69) is 17.0 Å². The summed E-state index contributed by atoms with van der Waals surface area (Å²) in [7, 11) is 0. The minimum absolute atomic E-state index is 0.0399. The van der Waals surface area contributed by atoms with Gasteiger partial charge in [0.2, 0.25) is 0 Å². The van der Waals surface area contributed by atoms with Gasteiger partial charge in [-0.2, -0.15) is 0 Å². The Hall–Kier alpha value is -4.78. The summed E-state index contributed by atoms with van der Waals surface area (Å²) in [5, 5.41) is 22.2. The zero-order chi connectivity index (χ0) is 32.3. The molecule has 1 aliphatic rings. The molecule has 0 heterocycles. The van der Waals surface area contributed by atoms with Crippen molar-refractivity contribution < 1.29 is 19.2 Å². The Morgan fingerprint density at radius 3 is 2.30 bits per heavy atom. The minimum atomic E-state index is -1.08. The van der Waals surface area contributed by atoms with Crippen LogP contribution < -0.4 is 4.90 Å². The van der Waals surface area contributed by atoms with Crippen LogP contribution in [0.4, 0.5) is 15.8 Å². The van der Waals surface area contributed by atoms with Gasteiger partial charge in [-0.05, 0) is 89.8 Å². The van der Waals surface area contributed by atoms with E-state index in [0.29, 0.717) is 23.4 Å². The van der Waals surface area contributed by atoms with Crippen LogP contribution in [0.3, 0.4) is 0 Å². The molecule has 6 nitrogen and oxygen atoms in total. The number of halogens is 1. The van der Waals surface area contributed by atoms with Gasteiger partial charge >= 0.3 is 5.97 Å². The highest BCUT2D eigenvalue weighted by molar-refractivity contribution is 5.94. The highest BCUT2D eigenvalue weighted by Gasteiger charge is 2.21. The van der Waals surface area contributed by atoms with Gasteiger partial charge in [-0.15, -0.1) is 0 Å². The highest BCUT2D eigenvalue weighted by atomic mass is 19.1. The number of nitrogens with zero attached hydrogens (tertiary/aromatic N) is 2. The molecular formula is C39H41FN2O4. The molecule has 4 aromatic rings. The monoisotopic (exact) mass is 620 g/mol. The summed E-state index contributed by atoms with van der Waals surface area (Å²) in [6, 6.07) is 26.5. The Labute approximate surface area is 270 Å². The summed E-state index contributed by atoms with van der Waals surface area (Å²) in [4.78, 5) is 26.2. The Bertz CT molecular complexity index is 1650. The van der Waals surface area contributed by atoms with Crippen LogP contribution in [0.25, 0.3) is 23.3 Å². The van der Waals surface area contributed by atoms with Gasteiger partial charge in [-0.3, -0.25) is 10.1 Å². The summed E-state index contributed by atoms with van der Waals surface area (Å²) in [6.07, 6.45) is 13.8. The summed E-state index contributed by atoms with van der Waals surface area (Å²) in [5.41, 5.74) is 4.56. The number of benzene rings is 4. The van der Waals surface area contributed by atoms with Crippen molar-refractivity contribution >= 4 is 29.5 Å². The average Bonchev–Trinajstić information content (AvgIpc) is 3.07. The van der Waals surface area contributed by atoms with Crippen LogP contribution in [-0.4, -0.2) is 29.1 Å². The molecule has 5 rings (SSSR count). The number of carbonyl (C=O) groups is 1. The summed E-state index contributed by atoms with van der Waals surface area (Å²) in [6.45, 7) is 1.48. The SMILES string of the molecule is O=C(O)c1ccc(-c2ccc(F)cc2)cc1/C=C/c1ccc(N(CCCc2ccccc2)CCCC2CCCCC2)c([N+](=O)[O-])c1. The van der Waals surface area contributed by atoms with Crippen LogP contribution in [0.2, 0.25) is 0 Å². The van der Waals surface area contributed by atoms with E-state index in [9.17, 15) is 24.4 Å². The number of aromatic carboxylic acids is 1. The van der Waals surface area contributed by atoms with Crippen molar-refractivity contribution in [3.05, 3.63) is 129 Å². The van der Waals surface area contributed by atoms with Gasteiger partial charge in [0.25, 0.3) is 5.69 Å². The van der Waals surface area contributed by atoms with E-state index in [4.69, 9.17) is 0 Å². The molecule has 0 atom stereocenters. The van der Waals surface area contributed by atoms with E-state index in [1.807, 2.05) is 30.3 Å². The van der Waals surface area contributed by atoms with Crippen LogP contribution in [-0.2, 0) is 6.42 Å². The maximum absolute atomic E-state index is 13.5. The molecule has 1 aliphatic carbocycles. The van der Waals surface area contributed by atoms with Crippen molar-refractivity contribution in [1.29, 1.82) is 0 Å². The fourth-order valence-electron chi connectivity index (χ4n) is 6.48. The molecular weight excluding hydrogens is 579 g/mol. The quantitative estimate of drug-likeness (QED) is 0.0862. The normalized spacial score (nSPS) is 13.6. The number of hydrogen-bond acceptors (Lipinski definition) is 4. The Morgan fingerprint density at radius 1 is 0.870 bits per heavy atom. The third-order valence-electron chi connectivity index (χ3n) is 8.95. The summed E-state index contributed by atoms with van der Waals surface area (Å²) >= 11 is 0. The second kappa shape index (κ2) is 16.0. The number of rotatable bonds is 14. The lowest BCUT2D eigenvalue weighted by molar-refractivity contribution is -0.384. The second-order valence-electron chi connectivity index (χ2n) is 12.2. The lowest BCUT2D eigenvalue weighted by Gasteiger charge is -2.27. The summed E-state index contributed by atoms with van der Waals surface area (Å²) in [5.74, 6) is -0.680. The van der Waals surface area contributed by atoms with Crippen molar-refractivity contribution in [2.75, 3.05) is 18.0 Å². The van der Waals surface area contributed by atoms with Crippen LogP contribution in [0, 0.1) is 21.8 Å². The van der Waals surface area contributed by atoms with E-state index in [0.717, 1.165) is 49.3 Å². The Morgan fingerprint density at radius 2 is 1.59 bits per heavy atom. The molecule has 0 aromatic heterocycles. The van der Waals surface area contributed by atoms with E-state index in [-0.39, 0.29) is 22.0 Å². The van der Waals surface area contributed by atoms with Crippen LogP contribution in [0.1, 0.15) is 78.4 Å². The lowest BCUT2D eigenvalue weighted by atomic mass is 9.86. The molecule has 0 saturated heterocycles. The topological polar surface area (TPSA) is 83.7 Å². The molecule has 7 heteroatoms. The molecule has 238 valence electrons. The number of nitro benzene ring substituents is 1. The van der Waals surface area contributed by atoms with Crippen LogP contribution in [0.5, 0.6) is 0 Å². The fourth-order valence-corrected chi connectivity index (χ4v) is 6.48. The zero-order valence-corrected chi connectivity index (χ0v) is 26.1. The third-order valence-corrected chi connectivity index (χ3v) is 8.95. The number of carboxylic acid groups (broad SMARTS) is 1. The van der Waals surface area contributed by atoms with Crippen molar-refractivity contribution in [2.45, 2.75) is 57.8 Å². The average molecular weight is 621 g/mol. The molecule has 0 aliphatic heterocycles. The Kier molecular flexibility index (Phi) is 11.3. The highest BCUT2D eigenvalue weighted by Crippen LogP contribution is 2.33. The van der Waals surface area contributed by atoms with Gasteiger partial charge in [0.1, 0.15) is 11.5 Å². The van der Waals surface area contributed by atoms with Gasteiger partial charge in [-0.1, -0.05) is 98.9 Å². The predicted molar refractivity (Wildman–Crippen MR) is 184 cm³/mol. The zero-order valence-electron chi connectivity index (χ0n) is 26.1. The maximum Gasteiger partial charge on any atom is 0.336 e. The van der Waals surface area contributed by atoms with Crippen molar-refractivity contribution in [3.8, 4) is 11.1 Å². The predicted octanol–water partition coefficient (Wildman–Crippen LogP) is 10.1. The molecule has 0 radical (unpaired) electrons. The number of hydrogen-bond donors (Lipinski definition) is 1.